The van der Waals surface area contributed by atoms with Crippen LogP contribution in [0.1, 0.15) is 15.9 Å². The molecule has 0 aliphatic carbocycles. The minimum atomic E-state index is -0.527. The molecule has 0 bridgehead atoms. The second-order valence-corrected chi connectivity index (χ2v) is 5.38. The first kappa shape index (κ1) is 16.1. The number of nitriles is 1. The first-order valence-electron chi connectivity index (χ1n) is 6.23. The molecule has 0 radical (unpaired) electrons. The molecule has 0 atom stereocenters. The van der Waals surface area contributed by atoms with Crippen LogP contribution in [0.3, 0.4) is 0 Å². The molecule has 112 valence electrons. The van der Waals surface area contributed by atoms with E-state index in [1.165, 1.54) is 20.3 Å². The molecule has 2 rings (SSSR count). The number of hydrogen-bond donors (Lipinski definition) is 0. The molecule has 0 spiro atoms. The predicted octanol–water partition coefficient (Wildman–Crippen LogP) is 3.40. The van der Waals surface area contributed by atoms with Gasteiger partial charge in [0.25, 0.3) is 0 Å². The Bertz CT molecular complexity index is 752. The second-order valence-electron chi connectivity index (χ2n) is 4.22. The number of carbonyl (C=O) groups is 1. The van der Waals surface area contributed by atoms with Crippen molar-refractivity contribution in [2.24, 2.45) is 0 Å². The van der Waals surface area contributed by atoms with E-state index >= 15 is 0 Å². The fraction of sp³-hybridized carbons (Fsp3) is 0.125. The first-order valence-corrected chi connectivity index (χ1v) is 7.30. The molecule has 2 aromatic carbocycles. The number of halogens is 1. The topological polar surface area (TPSA) is 68.5 Å². The highest BCUT2D eigenvalue weighted by molar-refractivity contribution is 14.1. The normalized spacial score (nSPS) is 9.73. The van der Waals surface area contributed by atoms with E-state index in [-0.39, 0.29) is 0 Å². The van der Waals surface area contributed by atoms with E-state index in [1.54, 1.807) is 30.3 Å². The molecular weight excluding hydrogens is 397 g/mol. The SMILES string of the molecule is COc1cc(I)c(C(=O)Oc2cccc(C#N)c2)cc1OC. The lowest BCUT2D eigenvalue weighted by molar-refractivity contribution is 0.0733. The van der Waals surface area contributed by atoms with Crippen LogP contribution in [0.15, 0.2) is 36.4 Å². The Kier molecular flexibility index (Phi) is 5.22. The summed E-state index contributed by atoms with van der Waals surface area (Å²) in [7, 11) is 3.02. The Morgan fingerprint density at radius 1 is 1.14 bits per heavy atom. The second kappa shape index (κ2) is 7.13. The molecule has 2 aromatic rings. The van der Waals surface area contributed by atoms with Crippen molar-refractivity contribution in [1.82, 2.24) is 0 Å². The van der Waals surface area contributed by atoms with Crippen molar-refractivity contribution in [1.29, 1.82) is 5.26 Å². The maximum absolute atomic E-state index is 12.3. The fourth-order valence-corrected chi connectivity index (χ4v) is 2.46. The van der Waals surface area contributed by atoms with Gasteiger partial charge in [0.15, 0.2) is 11.5 Å². The monoisotopic (exact) mass is 409 g/mol. The van der Waals surface area contributed by atoms with Crippen molar-refractivity contribution in [2.75, 3.05) is 14.2 Å². The van der Waals surface area contributed by atoms with E-state index in [9.17, 15) is 4.79 Å². The van der Waals surface area contributed by atoms with Gasteiger partial charge in [-0.2, -0.15) is 5.26 Å². The Hall–Kier alpha value is -2.27. The van der Waals surface area contributed by atoms with E-state index in [0.717, 1.165) is 0 Å². The highest BCUT2D eigenvalue weighted by Crippen LogP contribution is 2.31. The Labute approximate surface area is 141 Å². The highest BCUT2D eigenvalue weighted by Gasteiger charge is 2.17. The van der Waals surface area contributed by atoms with Gasteiger partial charge >= 0.3 is 5.97 Å². The molecule has 5 nitrogen and oxygen atoms in total. The van der Waals surface area contributed by atoms with Gasteiger partial charge < -0.3 is 14.2 Å². The third-order valence-corrected chi connectivity index (χ3v) is 3.76. The van der Waals surface area contributed by atoms with Gasteiger partial charge in [0.05, 0.1) is 31.4 Å². The van der Waals surface area contributed by atoms with E-state index in [2.05, 4.69) is 0 Å². The van der Waals surface area contributed by atoms with Gasteiger partial charge in [0.2, 0.25) is 0 Å². The van der Waals surface area contributed by atoms with Gasteiger partial charge in [0, 0.05) is 3.57 Å². The van der Waals surface area contributed by atoms with Crippen molar-refractivity contribution >= 4 is 28.6 Å². The largest absolute Gasteiger partial charge is 0.493 e. The molecular formula is C16H12INO4. The van der Waals surface area contributed by atoms with Crippen LogP contribution in [0, 0.1) is 14.9 Å². The average Bonchev–Trinajstić information content (AvgIpc) is 2.54. The number of nitrogens with zero attached hydrogens (tertiary/aromatic N) is 1. The molecule has 0 saturated heterocycles. The quantitative estimate of drug-likeness (QED) is 0.440. The maximum atomic E-state index is 12.3. The minimum Gasteiger partial charge on any atom is -0.493 e. The molecule has 0 saturated carbocycles. The zero-order valence-corrected chi connectivity index (χ0v) is 14.1. The smallest absolute Gasteiger partial charge is 0.344 e. The van der Waals surface area contributed by atoms with Gasteiger partial charge in [-0.3, -0.25) is 0 Å². The van der Waals surface area contributed by atoms with Crippen LogP contribution in [-0.2, 0) is 0 Å². The summed E-state index contributed by atoms with van der Waals surface area (Å²) >= 11 is 2.03. The lowest BCUT2D eigenvalue weighted by atomic mass is 10.2. The zero-order valence-electron chi connectivity index (χ0n) is 11.9. The van der Waals surface area contributed by atoms with E-state index in [4.69, 9.17) is 19.5 Å². The van der Waals surface area contributed by atoms with Crippen molar-refractivity contribution in [3.05, 3.63) is 51.1 Å². The van der Waals surface area contributed by atoms with Gasteiger partial charge in [-0.1, -0.05) is 6.07 Å². The number of esters is 1. The lowest BCUT2D eigenvalue weighted by Gasteiger charge is -2.11. The van der Waals surface area contributed by atoms with Gasteiger partial charge in [0.1, 0.15) is 5.75 Å². The zero-order chi connectivity index (χ0) is 16.1. The van der Waals surface area contributed by atoms with Crippen molar-refractivity contribution < 1.29 is 19.0 Å². The summed E-state index contributed by atoms with van der Waals surface area (Å²) in [6.07, 6.45) is 0. The first-order chi connectivity index (χ1) is 10.6. The standard InChI is InChI=1S/C16H12INO4/c1-20-14-7-12(13(17)8-15(14)21-2)16(19)22-11-5-3-4-10(6-11)9-18/h3-8H,1-2H3. The van der Waals surface area contributed by atoms with Crippen molar-refractivity contribution in [3.63, 3.8) is 0 Å². The van der Waals surface area contributed by atoms with E-state index < -0.39 is 5.97 Å². The van der Waals surface area contributed by atoms with Gasteiger partial charge in [-0.15, -0.1) is 0 Å². The molecule has 6 heteroatoms. The maximum Gasteiger partial charge on any atom is 0.344 e. The molecule has 0 N–H and O–H groups in total. The minimum absolute atomic E-state index is 0.314. The molecule has 0 fully saturated rings. The van der Waals surface area contributed by atoms with Crippen LogP contribution >= 0.6 is 22.6 Å². The summed E-state index contributed by atoms with van der Waals surface area (Å²) in [4.78, 5) is 12.3. The number of carbonyl (C=O) groups excluding carboxylic acids is 1. The third-order valence-electron chi connectivity index (χ3n) is 2.87. The molecule has 22 heavy (non-hydrogen) atoms. The summed E-state index contributed by atoms with van der Waals surface area (Å²) in [6, 6.07) is 11.7. The Balaban J connectivity index is 2.31. The summed E-state index contributed by atoms with van der Waals surface area (Å²) in [5.41, 5.74) is 0.785. The number of benzene rings is 2. The average molecular weight is 409 g/mol. The molecule has 0 unspecified atom stereocenters. The van der Waals surface area contributed by atoms with E-state index in [0.29, 0.717) is 31.9 Å². The Morgan fingerprint density at radius 3 is 2.45 bits per heavy atom. The van der Waals surface area contributed by atoms with Crippen LogP contribution in [0.25, 0.3) is 0 Å². The summed E-state index contributed by atoms with van der Waals surface area (Å²) in [5.74, 6) is 0.769. The molecule has 0 aromatic heterocycles. The highest BCUT2D eigenvalue weighted by atomic mass is 127. The Morgan fingerprint density at radius 2 is 1.82 bits per heavy atom. The van der Waals surface area contributed by atoms with Crippen LogP contribution in [0.2, 0.25) is 0 Å². The van der Waals surface area contributed by atoms with Crippen LogP contribution in [0.4, 0.5) is 0 Å². The lowest BCUT2D eigenvalue weighted by Crippen LogP contribution is -2.11. The molecule has 0 aliphatic rings. The number of rotatable bonds is 4. The van der Waals surface area contributed by atoms with Crippen molar-refractivity contribution in [2.45, 2.75) is 0 Å². The third kappa shape index (κ3) is 3.49. The van der Waals surface area contributed by atoms with Crippen molar-refractivity contribution in [3.8, 4) is 23.3 Å². The van der Waals surface area contributed by atoms with Crippen LogP contribution in [-0.4, -0.2) is 20.2 Å². The number of methoxy groups -OCH3 is 2. The summed E-state index contributed by atoms with van der Waals surface area (Å²) < 4.78 is 16.4. The van der Waals surface area contributed by atoms with E-state index in [1.807, 2.05) is 28.7 Å². The van der Waals surface area contributed by atoms with Crippen LogP contribution in [0.5, 0.6) is 17.2 Å². The van der Waals surface area contributed by atoms with Crippen LogP contribution < -0.4 is 14.2 Å². The summed E-state index contributed by atoms with van der Waals surface area (Å²) in [5, 5.41) is 8.86. The molecule has 0 aliphatic heterocycles. The number of ether oxygens (including phenoxy) is 3. The van der Waals surface area contributed by atoms with Gasteiger partial charge in [-0.25, -0.2) is 4.79 Å². The molecule has 0 amide bonds. The van der Waals surface area contributed by atoms with Gasteiger partial charge in [-0.05, 0) is 52.9 Å². The summed E-state index contributed by atoms with van der Waals surface area (Å²) in [6.45, 7) is 0. The molecule has 0 heterocycles. The predicted molar refractivity (Wildman–Crippen MR) is 88.4 cm³/mol. The fourth-order valence-electron chi connectivity index (χ4n) is 1.80. The number of hydrogen-bond acceptors (Lipinski definition) is 5.